The maximum absolute atomic E-state index is 12.7. The van der Waals surface area contributed by atoms with Gasteiger partial charge in [0, 0.05) is 17.8 Å². The van der Waals surface area contributed by atoms with E-state index in [9.17, 15) is 4.79 Å². The molecule has 0 bridgehead atoms. The van der Waals surface area contributed by atoms with Crippen molar-refractivity contribution in [1.29, 1.82) is 0 Å². The van der Waals surface area contributed by atoms with Crippen LogP contribution in [0, 0.1) is 0 Å². The minimum Gasteiger partial charge on any atom is -0.497 e. The molecule has 26 heavy (non-hydrogen) atoms. The van der Waals surface area contributed by atoms with Crippen molar-refractivity contribution >= 4 is 5.91 Å². The quantitative estimate of drug-likeness (QED) is 0.742. The number of amides is 1. The molecule has 0 saturated heterocycles. The molecule has 1 aromatic heterocycles. The maximum Gasteiger partial charge on any atom is 0.255 e. The third-order valence-electron chi connectivity index (χ3n) is 4.45. The Balaban J connectivity index is 1.70. The molecule has 0 atom stereocenters. The number of ether oxygens (including phenoxy) is 1. The van der Waals surface area contributed by atoms with E-state index < -0.39 is 0 Å². The van der Waals surface area contributed by atoms with Crippen LogP contribution in [-0.4, -0.2) is 28.8 Å². The van der Waals surface area contributed by atoms with Crippen LogP contribution in [-0.2, 0) is 6.54 Å². The monoisotopic (exact) mass is 347 g/mol. The highest BCUT2D eigenvalue weighted by molar-refractivity contribution is 6.00. The lowest BCUT2D eigenvalue weighted by Crippen LogP contribution is -2.25. The lowest BCUT2D eigenvalue weighted by molar-refractivity contribution is 0.0951. The molecular formula is C21H21N3O2. The number of hydrogen-bond acceptors (Lipinski definition) is 3. The van der Waals surface area contributed by atoms with E-state index in [-0.39, 0.29) is 5.91 Å². The number of carbonyl (C=O) groups is 1. The molecule has 3 aromatic rings. The summed E-state index contributed by atoms with van der Waals surface area (Å²) in [4.78, 5) is 12.7. The number of aromatic nitrogens is 2. The van der Waals surface area contributed by atoms with Crippen LogP contribution in [0.25, 0.3) is 11.3 Å². The Morgan fingerprint density at radius 1 is 1.19 bits per heavy atom. The molecule has 2 aromatic carbocycles. The first-order valence-electron chi connectivity index (χ1n) is 8.79. The van der Waals surface area contributed by atoms with Crippen molar-refractivity contribution in [3.8, 4) is 17.0 Å². The predicted octanol–water partition coefficient (Wildman–Crippen LogP) is 3.50. The fourth-order valence-electron chi connectivity index (χ4n) is 2.91. The summed E-state index contributed by atoms with van der Waals surface area (Å²) >= 11 is 0. The molecule has 0 radical (unpaired) electrons. The van der Waals surface area contributed by atoms with Gasteiger partial charge in [-0.25, -0.2) is 0 Å². The van der Waals surface area contributed by atoms with Gasteiger partial charge in [-0.3, -0.25) is 9.48 Å². The van der Waals surface area contributed by atoms with Gasteiger partial charge in [-0.15, -0.1) is 0 Å². The number of nitrogens with zero attached hydrogens (tertiary/aromatic N) is 2. The lowest BCUT2D eigenvalue weighted by atomic mass is 10.1. The lowest BCUT2D eigenvalue weighted by Gasteiger charge is -2.05. The van der Waals surface area contributed by atoms with Gasteiger partial charge >= 0.3 is 0 Å². The molecular weight excluding hydrogens is 326 g/mol. The smallest absolute Gasteiger partial charge is 0.255 e. The van der Waals surface area contributed by atoms with Gasteiger partial charge in [0.25, 0.3) is 5.91 Å². The van der Waals surface area contributed by atoms with Gasteiger partial charge in [0.2, 0.25) is 0 Å². The molecule has 4 rings (SSSR count). The van der Waals surface area contributed by atoms with E-state index in [1.165, 1.54) is 0 Å². The fourth-order valence-corrected chi connectivity index (χ4v) is 2.91. The van der Waals surface area contributed by atoms with E-state index >= 15 is 0 Å². The summed E-state index contributed by atoms with van der Waals surface area (Å²) in [6.07, 6.45) is 3.94. The van der Waals surface area contributed by atoms with Gasteiger partial charge in [-0.05, 0) is 30.5 Å². The van der Waals surface area contributed by atoms with Crippen LogP contribution in [0.15, 0.2) is 60.8 Å². The molecule has 132 valence electrons. The predicted molar refractivity (Wildman–Crippen MR) is 100 cm³/mol. The molecule has 1 N–H and O–H groups in total. The van der Waals surface area contributed by atoms with Gasteiger partial charge in [-0.1, -0.05) is 42.5 Å². The highest BCUT2D eigenvalue weighted by atomic mass is 16.5. The number of methoxy groups -OCH3 is 1. The molecule has 1 aliphatic carbocycles. The number of carbonyl (C=O) groups excluding carboxylic acids is 1. The molecule has 1 aliphatic rings. The number of nitrogens with one attached hydrogen (secondary N) is 1. The molecule has 0 aliphatic heterocycles. The topological polar surface area (TPSA) is 56.2 Å². The molecule has 5 heteroatoms. The summed E-state index contributed by atoms with van der Waals surface area (Å²) in [6, 6.07) is 18.1. The normalized spacial score (nSPS) is 13.4. The molecule has 0 unspecified atom stereocenters. The summed E-state index contributed by atoms with van der Waals surface area (Å²) in [7, 11) is 1.63. The Kier molecular flexibility index (Phi) is 4.44. The summed E-state index contributed by atoms with van der Waals surface area (Å²) in [5.74, 6) is 0.679. The van der Waals surface area contributed by atoms with E-state index in [0.717, 1.165) is 29.7 Å². The first kappa shape index (κ1) is 16.4. The van der Waals surface area contributed by atoms with Crippen LogP contribution < -0.4 is 10.1 Å². The zero-order chi connectivity index (χ0) is 17.9. The Labute approximate surface area is 152 Å². The second-order valence-electron chi connectivity index (χ2n) is 6.55. The van der Waals surface area contributed by atoms with Crippen LogP contribution in [0.4, 0.5) is 0 Å². The van der Waals surface area contributed by atoms with E-state index in [2.05, 4.69) is 17.4 Å². The zero-order valence-corrected chi connectivity index (χ0v) is 14.7. The van der Waals surface area contributed by atoms with Crippen molar-refractivity contribution in [2.75, 3.05) is 7.11 Å². The largest absolute Gasteiger partial charge is 0.497 e. The average molecular weight is 347 g/mol. The molecule has 5 nitrogen and oxygen atoms in total. The third-order valence-corrected chi connectivity index (χ3v) is 4.45. The van der Waals surface area contributed by atoms with Crippen molar-refractivity contribution in [1.82, 2.24) is 15.1 Å². The Hall–Kier alpha value is -3.08. The molecule has 0 spiro atoms. The Bertz CT molecular complexity index is 914. The third kappa shape index (κ3) is 3.61. The fraction of sp³-hybridized carbons (Fsp3) is 0.238. The van der Waals surface area contributed by atoms with Crippen LogP contribution in [0.2, 0.25) is 0 Å². The highest BCUT2D eigenvalue weighted by Crippen LogP contribution is 2.27. The van der Waals surface area contributed by atoms with Gasteiger partial charge < -0.3 is 10.1 Å². The Morgan fingerprint density at radius 3 is 2.73 bits per heavy atom. The first-order chi connectivity index (χ1) is 12.7. The van der Waals surface area contributed by atoms with Crippen LogP contribution in [0.1, 0.15) is 28.8 Å². The van der Waals surface area contributed by atoms with Crippen molar-refractivity contribution in [2.24, 2.45) is 0 Å². The summed E-state index contributed by atoms with van der Waals surface area (Å²) in [6.45, 7) is 0.620. The number of rotatable bonds is 6. The second kappa shape index (κ2) is 7.04. The van der Waals surface area contributed by atoms with E-state index in [1.807, 2.05) is 53.3 Å². The molecule has 1 saturated carbocycles. The van der Waals surface area contributed by atoms with Crippen molar-refractivity contribution in [3.05, 3.63) is 71.9 Å². The van der Waals surface area contributed by atoms with Gasteiger partial charge in [0.15, 0.2) is 0 Å². The van der Waals surface area contributed by atoms with Crippen molar-refractivity contribution in [3.63, 3.8) is 0 Å². The first-order valence-corrected chi connectivity index (χ1v) is 8.79. The van der Waals surface area contributed by atoms with E-state index in [0.29, 0.717) is 23.8 Å². The van der Waals surface area contributed by atoms with Crippen LogP contribution in [0.5, 0.6) is 5.75 Å². The SMILES string of the molecule is COc1cccc(-c2nn(Cc3ccccc3)cc2C(=O)NC2CC2)c1. The summed E-state index contributed by atoms with van der Waals surface area (Å²) in [5.41, 5.74) is 3.29. The summed E-state index contributed by atoms with van der Waals surface area (Å²) in [5, 5.41) is 7.76. The van der Waals surface area contributed by atoms with Crippen LogP contribution >= 0.6 is 0 Å². The second-order valence-corrected chi connectivity index (χ2v) is 6.55. The molecule has 1 heterocycles. The van der Waals surface area contributed by atoms with Gasteiger partial charge in [-0.2, -0.15) is 5.10 Å². The van der Waals surface area contributed by atoms with E-state index in [1.54, 1.807) is 7.11 Å². The minimum absolute atomic E-state index is 0.0652. The number of hydrogen-bond donors (Lipinski definition) is 1. The van der Waals surface area contributed by atoms with Crippen molar-refractivity contribution < 1.29 is 9.53 Å². The maximum atomic E-state index is 12.7. The molecule has 1 fully saturated rings. The average Bonchev–Trinajstić information content (AvgIpc) is 3.39. The number of benzene rings is 2. The van der Waals surface area contributed by atoms with Crippen molar-refractivity contribution in [2.45, 2.75) is 25.4 Å². The minimum atomic E-state index is -0.0652. The van der Waals surface area contributed by atoms with Gasteiger partial charge in [0.05, 0.1) is 19.2 Å². The summed E-state index contributed by atoms with van der Waals surface area (Å²) < 4.78 is 7.14. The van der Waals surface area contributed by atoms with Gasteiger partial charge in [0.1, 0.15) is 11.4 Å². The zero-order valence-electron chi connectivity index (χ0n) is 14.7. The van der Waals surface area contributed by atoms with Crippen LogP contribution in [0.3, 0.4) is 0 Å². The molecule has 1 amide bonds. The Morgan fingerprint density at radius 2 is 2.00 bits per heavy atom. The highest BCUT2D eigenvalue weighted by Gasteiger charge is 2.26. The standard InChI is InChI=1S/C21H21N3O2/c1-26-18-9-5-8-16(12-18)20-19(21(25)22-17-10-11-17)14-24(23-20)13-15-6-3-2-4-7-15/h2-9,12,14,17H,10-11,13H2,1H3,(H,22,25). The van der Waals surface area contributed by atoms with E-state index in [4.69, 9.17) is 9.84 Å².